The molecule has 0 saturated carbocycles. The first-order valence-corrected chi connectivity index (χ1v) is 17.9. The number of aromatic nitrogens is 4. The van der Waals surface area contributed by atoms with E-state index in [-0.39, 0.29) is 0 Å². The number of hydrogen-bond acceptors (Lipinski definition) is 3. The molecule has 8 aromatic carbocycles. The first-order valence-electron chi connectivity index (χ1n) is 17.9. The van der Waals surface area contributed by atoms with Crippen molar-refractivity contribution in [3.63, 3.8) is 0 Å². The summed E-state index contributed by atoms with van der Waals surface area (Å²) < 4.78 is 10.9. The number of rotatable bonds is 3. The van der Waals surface area contributed by atoms with Crippen molar-refractivity contribution in [2.24, 2.45) is 0 Å². The van der Waals surface area contributed by atoms with E-state index in [0.29, 0.717) is 5.95 Å². The molecule has 5 nitrogen and oxygen atoms in total. The van der Waals surface area contributed by atoms with Crippen LogP contribution in [0.5, 0.6) is 11.5 Å². The number of ether oxygens (including phenoxy) is 1. The molecular formula is C48H28N4O. The number of benzene rings is 8. The van der Waals surface area contributed by atoms with E-state index < -0.39 is 0 Å². The van der Waals surface area contributed by atoms with Gasteiger partial charge in [0, 0.05) is 32.8 Å². The highest BCUT2D eigenvalue weighted by molar-refractivity contribution is 6.13. The molecule has 0 spiro atoms. The van der Waals surface area contributed by atoms with Crippen LogP contribution in [0.1, 0.15) is 0 Å². The van der Waals surface area contributed by atoms with Crippen molar-refractivity contribution in [1.29, 1.82) is 0 Å². The lowest BCUT2D eigenvalue weighted by atomic mass is 10.0. The molecule has 0 fully saturated rings. The lowest BCUT2D eigenvalue weighted by Crippen LogP contribution is -2.06. The van der Waals surface area contributed by atoms with Gasteiger partial charge in [-0.3, -0.25) is 4.57 Å². The summed E-state index contributed by atoms with van der Waals surface area (Å²) in [6.45, 7) is 0. The Hall–Kier alpha value is -7.24. The van der Waals surface area contributed by atoms with Crippen LogP contribution in [0.25, 0.3) is 99.3 Å². The smallest absolute Gasteiger partial charge is 0.235 e. The zero-order chi connectivity index (χ0) is 34.6. The molecule has 11 aromatic rings. The number of hydrogen-bond donors (Lipinski definition) is 0. The second-order valence-corrected chi connectivity index (χ2v) is 13.8. The van der Waals surface area contributed by atoms with Gasteiger partial charge in [-0.1, -0.05) is 103 Å². The molecule has 5 heteroatoms. The number of nitrogens with zero attached hydrogens (tertiary/aromatic N) is 4. The first kappa shape index (κ1) is 28.5. The fourth-order valence-electron chi connectivity index (χ4n) is 8.50. The minimum atomic E-state index is 0.640. The fourth-order valence-corrected chi connectivity index (χ4v) is 8.50. The molecule has 53 heavy (non-hydrogen) atoms. The molecule has 3 aromatic heterocycles. The normalized spacial score (nSPS) is 12.3. The molecule has 0 N–H and O–H groups in total. The van der Waals surface area contributed by atoms with Crippen LogP contribution in [-0.4, -0.2) is 19.1 Å². The van der Waals surface area contributed by atoms with Crippen molar-refractivity contribution in [1.82, 2.24) is 19.1 Å². The summed E-state index contributed by atoms with van der Waals surface area (Å²) in [4.78, 5) is 10.4. The molecule has 4 heterocycles. The number of para-hydroxylation sites is 3. The third-order valence-corrected chi connectivity index (χ3v) is 10.9. The third-order valence-electron chi connectivity index (χ3n) is 10.9. The maximum absolute atomic E-state index is 6.28. The van der Waals surface area contributed by atoms with Crippen LogP contribution in [0.4, 0.5) is 0 Å². The highest BCUT2D eigenvalue weighted by Gasteiger charge is 2.24. The highest BCUT2D eigenvalue weighted by atomic mass is 16.5. The van der Waals surface area contributed by atoms with Crippen molar-refractivity contribution >= 4 is 65.3 Å². The predicted molar refractivity (Wildman–Crippen MR) is 217 cm³/mol. The van der Waals surface area contributed by atoms with E-state index in [1.165, 1.54) is 32.6 Å². The van der Waals surface area contributed by atoms with E-state index in [9.17, 15) is 0 Å². The minimum Gasteiger partial charge on any atom is -0.456 e. The second-order valence-electron chi connectivity index (χ2n) is 13.8. The second kappa shape index (κ2) is 10.6. The predicted octanol–water partition coefficient (Wildman–Crippen LogP) is 12.4. The molecular weight excluding hydrogens is 649 g/mol. The van der Waals surface area contributed by atoms with Crippen molar-refractivity contribution in [3.05, 3.63) is 170 Å². The van der Waals surface area contributed by atoms with Crippen LogP contribution < -0.4 is 4.74 Å². The Morgan fingerprint density at radius 2 is 1.09 bits per heavy atom. The van der Waals surface area contributed by atoms with Gasteiger partial charge in [0.2, 0.25) is 5.95 Å². The van der Waals surface area contributed by atoms with Gasteiger partial charge >= 0.3 is 0 Å². The van der Waals surface area contributed by atoms with E-state index in [2.05, 4.69) is 143 Å². The Kier molecular flexibility index (Phi) is 5.71. The summed E-state index contributed by atoms with van der Waals surface area (Å²) in [7, 11) is 0. The zero-order valence-corrected chi connectivity index (χ0v) is 28.4. The van der Waals surface area contributed by atoms with Gasteiger partial charge in [-0.2, -0.15) is 0 Å². The Balaban J connectivity index is 1.07. The van der Waals surface area contributed by atoms with Gasteiger partial charge in [-0.05, 0) is 88.6 Å². The Morgan fingerprint density at radius 3 is 2.00 bits per heavy atom. The van der Waals surface area contributed by atoms with Gasteiger partial charge in [0.15, 0.2) is 0 Å². The van der Waals surface area contributed by atoms with Crippen LogP contribution in [0.15, 0.2) is 170 Å². The van der Waals surface area contributed by atoms with E-state index in [0.717, 1.165) is 72.3 Å². The van der Waals surface area contributed by atoms with Crippen LogP contribution in [-0.2, 0) is 0 Å². The standard InChI is InChI=1S/C48H28N4O/c1-2-11-30-26-33(23-20-29(30)10-1)51-40-16-6-3-12-34(40)36-24-21-32(28-43(36)51)31-22-25-42-38(27-31)35-13-4-7-17-41(35)52(42)48-49-39-15-9-19-45-46(39)47(50-48)37-14-5-8-18-44(37)53-45/h1-28H. The zero-order valence-electron chi connectivity index (χ0n) is 28.4. The molecule has 0 saturated heterocycles. The van der Waals surface area contributed by atoms with Gasteiger partial charge in [0.1, 0.15) is 11.5 Å². The molecule has 0 radical (unpaired) electrons. The third kappa shape index (κ3) is 4.07. The maximum atomic E-state index is 6.28. The average Bonchev–Trinajstić information content (AvgIpc) is 3.73. The molecule has 1 aliphatic heterocycles. The van der Waals surface area contributed by atoms with Crippen molar-refractivity contribution in [2.45, 2.75) is 0 Å². The van der Waals surface area contributed by atoms with Gasteiger partial charge in [0.25, 0.3) is 0 Å². The summed E-state index contributed by atoms with van der Waals surface area (Å²) in [5.41, 5.74) is 10.7. The Bertz CT molecular complexity index is 3330. The topological polar surface area (TPSA) is 44.9 Å². The Morgan fingerprint density at radius 1 is 0.415 bits per heavy atom. The van der Waals surface area contributed by atoms with Gasteiger partial charge in [0.05, 0.1) is 38.7 Å². The average molecular weight is 677 g/mol. The molecule has 0 atom stereocenters. The molecule has 0 aliphatic carbocycles. The Labute approximate surface area is 303 Å². The summed E-state index contributed by atoms with van der Waals surface area (Å²) in [6.07, 6.45) is 0. The molecule has 0 bridgehead atoms. The van der Waals surface area contributed by atoms with Gasteiger partial charge in [-0.15, -0.1) is 0 Å². The molecule has 12 rings (SSSR count). The summed E-state index contributed by atoms with van der Waals surface area (Å²) in [6, 6.07) is 60.4. The van der Waals surface area contributed by atoms with Crippen molar-refractivity contribution < 1.29 is 4.74 Å². The van der Waals surface area contributed by atoms with Gasteiger partial charge < -0.3 is 9.30 Å². The highest BCUT2D eigenvalue weighted by Crippen LogP contribution is 2.46. The lowest BCUT2D eigenvalue weighted by molar-refractivity contribution is 0.486. The maximum Gasteiger partial charge on any atom is 0.235 e. The van der Waals surface area contributed by atoms with Crippen LogP contribution >= 0.6 is 0 Å². The largest absolute Gasteiger partial charge is 0.456 e. The van der Waals surface area contributed by atoms with Crippen molar-refractivity contribution in [3.8, 4) is 45.5 Å². The van der Waals surface area contributed by atoms with E-state index >= 15 is 0 Å². The van der Waals surface area contributed by atoms with Crippen molar-refractivity contribution in [2.75, 3.05) is 0 Å². The lowest BCUT2D eigenvalue weighted by Gasteiger charge is -2.20. The molecule has 0 amide bonds. The SMILES string of the molecule is c1ccc2c(c1)Oc1cccc3nc(-n4c5ccccc5c5cc(-c6ccc7c8ccccc8n(-c8ccc9ccccc9c8)c7c6)ccc54)nc-2c13. The monoisotopic (exact) mass is 676 g/mol. The van der Waals surface area contributed by atoms with Crippen LogP contribution in [0.3, 0.4) is 0 Å². The van der Waals surface area contributed by atoms with Crippen LogP contribution in [0.2, 0.25) is 0 Å². The van der Waals surface area contributed by atoms with E-state index in [4.69, 9.17) is 14.7 Å². The van der Waals surface area contributed by atoms with Gasteiger partial charge in [-0.25, -0.2) is 9.97 Å². The van der Waals surface area contributed by atoms with E-state index in [1.807, 2.05) is 36.4 Å². The van der Waals surface area contributed by atoms with E-state index in [1.54, 1.807) is 0 Å². The van der Waals surface area contributed by atoms with Crippen LogP contribution in [0, 0.1) is 0 Å². The number of fused-ring (bicyclic) bond motifs is 9. The molecule has 246 valence electrons. The summed E-state index contributed by atoms with van der Waals surface area (Å²) in [5.74, 6) is 2.23. The fraction of sp³-hybridized carbons (Fsp3) is 0. The summed E-state index contributed by atoms with van der Waals surface area (Å²) in [5, 5.41) is 8.20. The molecule has 1 aliphatic rings. The first-order chi connectivity index (χ1) is 26.3. The summed E-state index contributed by atoms with van der Waals surface area (Å²) >= 11 is 0. The quantitative estimate of drug-likeness (QED) is 0.187. The minimum absolute atomic E-state index is 0.640. The molecule has 0 unspecified atom stereocenters.